The van der Waals surface area contributed by atoms with E-state index in [-0.39, 0.29) is 5.91 Å². The molecule has 3 nitrogen and oxygen atoms in total. The van der Waals surface area contributed by atoms with Gasteiger partial charge in [0.1, 0.15) is 0 Å². The van der Waals surface area contributed by atoms with Crippen molar-refractivity contribution in [1.29, 1.82) is 0 Å². The van der Waals surface area contributed by atoms with Crippen LogP contribution in [0.5, 0.6) is 0 Å². The van der Waals surface area contributed by atoms with Crippen LogP contribution < -0.4 is 10.2 Å². The van der Waals surface area contributed by atoms with Gasteiger partial charge < -0.3 is 10.2 Å². The lowest BCUT2D eigenvalue weighted by Crippen LogP contribution is -2.19. The minimum absolute atomic E-state index is 0.0172. The molecule has 0 unspecified atom stereocenters. The number of hydrogen-bond donors (Lipinski definition) is 1. The number of nitrogens with zero attached hydrogens (tertiary/aromatic N) is 1. The Kier molecular flexibility index (Phi) is 3.44. The normalized spacial score (nSPS) is 15.2. The van der Waals surface area contributed by atoms with Crippen molar-refractivity contribution in [2.75, 3.05) is 18.0 Å². The highest BCUT2D eigenvalue weighted by Gasteiger charge is 2.11. The molecule has 0 radical (unpaired) electrons. The summed E-state index contributed by atoms with van der Waals surface area (Å²) in [5.74, 6) is 0.0172. The average molecular weight is 218 g/mol. The van der Waals surface area contributed by atoms with Gasteiger partial charge in [0.05, 0.1) is 0 Å². The third-order valence-corrected chi connectivity index (χ3v) is 2.95. The lowest BCUT2D eigenvalue weighted by molar-refractivity contribution is -0.119. The number of carbonyl (C=O) groups excluding carboxylic acids is 1. The van der Waals surface area contributed by atoms with Crippen LogP contribution in [0.1, 0.15) is 25.3 Å². The van der Waals surface area contributed by atoms with Crippen LogP contribution in [0.15, 0.2) is 24.3 Å². The molecule has 1 N–H and O–H groups in total. The van der Waals surface area contributed by atoms with Crippen molar-refractivity contribution in [3.8, 4) is 0 Å². The molecule has 1 fully saturated rings. The molecule has 0 spiro atoms. The summed E-state index contributed by atoms with van der Waals surface area (Å²) in [6, 6.07) is 8.46. The molecule has 1 amide bonds. The van der Waals surface area contributed by atoms with E-state index < -0.39 is 0 Å². The predicted octanol–water partition coefficient (Wildman–Crippen LogP) is 1.92. The van der Waals surface area contributed by atoms with E-state index in [1.54, 1.807) is 6.92 Å². The van der Waals surface area contributed by atoms with Gasteiger partial charge in [-0.05, 0) is 30.5 Å². The van der Waals surface area contributed by atoms with Crippen molar-refractivity contribution in [1.82, 2.24) is 5.32 Å². The van der Waals surface area contributed by atoms with Crippen LogP contribution in [-0.2, 0) is 11.3 Å². The zero-order valence-electron chi connectivity index (χ0n) is 9.70. The Hall–Kier alpha value is -1.51. The van der Waals surface area contributed by atoms with Crippen LogP contribution in [0.25, 0.3) is 0 Å². The van der Waals surface area contributed by atoms with Crippen LogP contribution in [0.4, 0.5) is 5.69 Å². The second-order valence-electron chi connectivity index (χ2n) is 4.27. The lowest BCUT2D eigenvalue weighted by atomic mass is 10.2. The van der Waals surface area contributed by atoms with Crippen LogP contribution in [-0.4, -0.2) is 19.0 Å². The summed E-state index contributed by atoms with van der Waals surface area (Å²) in [5.41, 5.74) is 2.45. The third-order valence-electron chi connectivity index (χ3n) is 2.95. The van der Waals surface area contributed by atoms with Gasteiger partial charge in [-0.2, -0.15) is 0 Å². The number of nitrogens with one attached hydrogen (secondary N) is 1. The molecule has 16 heavy (non-hydrogen) atoms. The molecule has 3 heteroatoms. The van der Waals surface area contributed by atoms with Gasteiger partial charge in [-0.3, -0.25) is 4.79 Å². The average Bonchev–Trinajstić information content (AvgIpc) is 2.80. The second-order valence-corrected chi connectivity index (χ2v) is 4.27. The maximum atomic E-state index is 10.8. The quantitative estimate of drug-likeness (QED) is 0.840. The Morgan fingerprint density at radius 3 is 2.44 bits per heavy atom. The molecule has 0 aromatic heterocycles. The first kappa shape index (κ1) is 11.0. The molecule has 86 valence electrons. The largest absolute Gasteiger partial charge is 0.372 e. The number of carbonyl (C=O) groups is 1. The molecular formula is C13H18N2O. The minimum atomic E-state index is 0.0172. The van der Waals surface area contributed by atoms with Crippen LogP contribution >= 0.6 is 0 Å². The monoisotopic (exact) mass is 218 g/mol. The van der Waals surface area contributed by atoms with E-state index in [0.29, 0.717) is 6.54 Å². The standard InChI is InChI=1S/C13H18N2O/c1-11(16)14-10-12-4-6-13(7-5-12)15-8-2-3-9-15/h4-7H,2-3,8-10H2,1H3,(H,14,16). The smallest absolute Gasteiger partial charge is 0.217 e. The number of benzene rings is 1. The molecule has 1 aliphatic heterocycles. The van der Waals surface area contributed by atoms with E-state index in [1.165, 1.54) is 31.6 Å². The van der Waals surface area contributed by atoms with Gasteiger partial charge >= 0.3 is 0 Å². The Morgan fingerprint density at radius 1 is 1.25 bits per heavy atom. The SMILES string of the molecule is CC(=O)NCc1ccc(N2CCCC2)cc1. The summed E-state index contributed by atoms with van der Waals surface area (Å²) >= 11 is 0. The van der Waals surface area contributed by atoms with Crippen LogP contribution in [0.2, 0.25) is 0 Å². The molecular weight excluding hydrogens is 200 g/mol. The second kappa shape index (κ2) is 5.01. The molecule has 2 rings (SSSR count). The molecule has 0 bridgehead atoms. The van der Waals surface area contributed by atoms with Crippen molar-refractivity contribution >= 4 is 11.6 Å². The van der Waals surface area contributed by atoms with E-state index in [9.17, 15) is 4.79 Å². The van der Waals surface area contributed by atoms with Crippen molar-refractivity contribution < 1.29 is 4.79 Å². The van der Waals surface area contributed by atoms with Gasteiger partial charge in [0.2, 0.25) is 5.91 Å². The predicted molar refractivity (Wildman–Crippen MR) is 65.4 cm³/mol. The van der Waals surface area contributed by atoms with E-state index in [4.69, 9.17) is 0 Å². The Morgan fingerprint density at radius 2 is 1.88 bits per heavy atom. The fraction of sp³-hybridized carbons (Fsp3) is 0.462. The summed E-state index contributed by atoms with van der Waals surface area (Å²) in [7, 11) is 0. The molecule has 1 aliphatic rings. The van der Waals surface area contributed by atoms with E-state index in [0.717, 1.165) is 5.56 Å². The molecule has 0 atom stereocenters. The van der Waals surface area contributed by atoms with Gasteiger partial charge in [0.15, 0.2) is 0 Å². The maximum Gasteiger partial charge on any atom is 0.217 e. The number of hydrogen-bond acceptors (Lipinski definition) is 2. The summed E-state index contributed by atoms with van der Waals surface area (Å²) in [6.45, 7) is 4.50. The number of amides is 1. The lowest BCUT2D eigenvalue weighted by Gasteiger charge is -2.17. The van der Waals surface area contributed by atoms with Crippen molar-refractivity contribution in [2.45, 2.75) is 26.3 Å². The Bertz CT molecular complexity index is 353. The zero-order chi connectivity index (χ0) is 11.4. The Balaban J connectivity index is 1.95. The summed E-state index contributed by atoms with van der Waals surface area (Å²) in [5, 5.41) is 2.80. The molecule has 1 saturated heterocycles. The highest BCUT2D eigenvalue weighted by atomic mass is 16.1. The maximum absolute atomic E-state index is 10.8. The first-order valence-electron chi connectivity index (χ1n) is 5.84. The molecule has 1 heterocycles. The Labute approximate surface area is 96.5 Å². The molecule has 0 saturated carbocycles. The van der Waals surface area contributed by atoms with E-state index >= 15 is 0 Å². The first-order chi connectivity index (χ1) is 7.75. The highest BCUT2D eigenvalue weighted by Crippen LogP contribution is 2.20. The fourth-order valence-corrected chi connectivity index (χ4v) is 2.03. The van der Waals surface area contributed by atoms with Crippen LogP contribution in [0.3, 0.4) is 0 Å². The molecule has 1 aromatic carbocycles. The van der Waals surface area contributed by atoms with Gasteiger partial charge in [-0.25, -0.2) is 0 Å². The van der Waals surface area contributed by atoms with Gasteiger partial charge in [0.25, 0.3) is 0 Å². The molecule has 0 aliphatic carbocycles. The van der Waals surface area contributed by atoms with E-state index in [1.807, 2.05) is 0 Å². The fourth-order valence-electron chi connectivity index (χ4n) is 2.03. The minimum Gasteiger partial charge on any atom is -0.372 e. The summed E-state index contributed by atoms with van der Waals surface area (Å²) in [4.78, 5) is 13.2. The van der Waals surface area contributed by atoms with Crippen LogP contribution in [0, 0.1) is 0 Å². The molecule has 1 aromatic rings. The van der Waals surface area contributed by atoms with Crippen molar-refractivity contribution in [3.63, 3.8) is 0 Å². The van der Waals surface area contributed by atoms with E-state index in [2.05, 4.69) is 34.5 Å². The van der Waals surface area contributed by atoms with Crippen molar-refractivity contribution in [2.24, 2.45) is 0 Å². The van der Waals surface area contributed by atoms with Crippen molar-refractivity contribution in [3.05, 3.63) is 29.8 Å². The van der Waals surface area contributed by atoms with Gasteiger partial charge in [-0.15, -0.1) is 0 Å². The third kappa shape index (κ3) is 2.75. The highest BCUT2D eigenvalue weighted by molar-refractivity contribution is 5.72. The summed E-state index contributed by atoms with van der Waals surface area (Å²) < 4.78 is 0. The topological polar surface area (TPSA) is 32.3 Å². The number of anilines is 1. The first-order valence-corrected chi connectivity index (χ1v) is 5.84. The zero-order valence-corrected chi connectivity index (χ0v) is 9.70. The summed E-state index contributed by atoms with van der Waals surface area (Å²) in [6.07, 6.45) is 2.60. The van der Waals surface area contributed by atoms with Gasteiger partial charge in [-0.1, -0.05) is 12.1 Å². The number of rotatable bonds is 3. The van der Waals surface area contributed by atoms with Gasteiger partial charge in [0, 0.05) is 32.2 Å².